The van der Waals surface area contributed by atoms with Crippen molar-refractivity contribution in [3.8, 4) is 5.75 Å². The zero-order chi connectivity index (χ0) is 17.5. The maximum Gasteiger partial charge on any atom is 0.319 e. The maximum absolute atomic E-state index is 12.1. The summed E-state index contributed by atoms with van der Waals surface area (Å²) in [7, 11) is 0. The third-order valence-electron chi connectivity index (χ3n) is 5.05. The molecule has 3 rings (SSSR count). The van der Waals surface area contributed by atoms with Gasteiger partial charge in [0.05, 0.1) is 13.2 Å². The Labute approximate surface area is 149 Å². The Bertz CT molecular complexity index is 535. The van der Waals surface area contributed by atoms with Crippen LogP contribution in [-0.2, 0) is 4.74 Å². The molecule has 1 aromatic rings. The van der Waals surface area contributed by atoms with E-state index in [1.165, 1.54) is 0 Å². The van der Waals surface area contributed by atoms with Gasteiger partial charge < -0.3 is 20.1 Å². The van der Waals surface area contributed by atoms with Crippen molar-refractivity contribution in [2.24, 2.45) is 5.92 Å². The highest BCUT2D eigenvalue weighted by molar-refractivity contribution is 5.89. The van der Waals surface area contributed by atoms with Crippen molar-refractivity contribution in [3.05, 3.63) is 24.3 Å². The number of likely N-dealkylation sites (tertiary alicyclic amines) is 1. The van der Waals surface area contributed by atoms with Gasteiger partial charge in [-0.25, -0.2) is 4.79 Å². The van der Waals surface area contributed by atoms with E-state index in [0.29, 0.717) is 18.6 Å². The van der Waals surface area contributed by atoms with E-state index in [4.69, 9.17) is 9.47 Å². The first-order valence-corrected chi connectivity index (χ1v) is 9.34. The molecule has 0 aromatic heterocycles. The lowest BCUT2D eigenvalue weighted by Crippen LogP contribution is -2.44. The van der Waals surface area contributed by atoms with Crippen LogP contribution in [0.1, 0.15) is 26.2 Å². The minimum atomic E-state index is -0.143. The van der Waals surface area contributed by atoms with Crippen molar-refractivity contribution in [1.82, 2.24) is 10.2 Å². The first kappa shape index (κ1) is 18.0. The minimum Gasteiger partial charge on any atom is -0.494 e. The number of carbonyl (C=O) groups excluding carboxylic acids is 1. The molecule has 2 saturated heterocycles. The molecule has 2 amide bonds. The van der Waals surface area contributed by atoms with Crippen LogP contribution in [0.5, 0.6) is 5.75 Å². The molecule has 2 fully saturated rings. The summed E-state index contributed by atoms with van der Waals surface area (Å²) < 4.78 is 10.9. The van der Waals surface area contributed by atoms with Crippen molar-refractivity contribution < 1.29 is 14.3 Å². The average molecular weight is 347 g/mol. The van der Waals surface area contributed by atoms with E-state index in [2.05, 4.69) is 15.5 Å². The number of anilines is 1. The summed E-state index contributed by atoms with van der Waals surface area (Å²) in [6.07, 6.45) is 3.44. The summed E-state index contributed by atoms with van der Waals surface area (Å²) in [5.41, 5.74) is 0.775. The van der Waals surface area contributed by atoms with Gasteiger partial charge in [0.25, 0.3) is 0 Å². The molecule has 0 spiro atoms. The number of carbonyl (C=O) groups is 1. The molecular weight excluding hydrogens is 318 g/mol. The smallest absolute Gasteiger partial charge is 0.319 e. The summed E-state index contributed by atoms with van der Waals surface area (Å²) in [6, 6.07) is 7.90. The molecule has 0 unspecified atom stereocenters. The molecule has 2 heterocycles. The third kappa shape index (κ3) is 5.34. The number of benzene rings is 1. The number of nitrogens with one attached hydrogen (secondary N) is 2. The van der Waals surface area contributed by atoms with Gasteiger partial charge in [-0.15, -0.1) is 0 Å². The molecule has 6 nitrogen and oxygen atoms in total. The number of hydrogen-bond acceptors (Lipinski definition) is 4. The summed E-state index contributed by atoms with van der Waals surface area (Å²) in [4.78, 5) is 14.6. The second-order valence-corrected chi connectivity index (χ2v) is 6.79. The van der Waals surface area contributed by atoms with Crippen LogP contribution in [-0.4, -0.2) is 56.4 Å². The van der Waals surface area contributed by atoms with Crippen LogP contribution in [0.15, 0.2) is 24.3 Å². The Morgan fingerprint density at radius 2 is 2.00 bits per heavy atom. The van der Waals surface area contributed by atoms with Gasteiger partial charge in [-0.1, -0.05) is 0 Å². The van der Waals surface area contributed by atoms with Crippen molar-refractivity contribution >= 4 is 11.7 Å². The standard InChI is InChI=1S/C19H29N3O3/c1-2-25-18-5-3-16(4-6-18)21-19(23)20-13-15-7-10-22(11-8-15)17-9-12-24-14-17/h3-6,15,17H,2,7-14H2,1H3,(H2,20,21,23)/t17-/m0/s1. The zero-order valence-electron chi connectivity index (χ0n) is 15.0. The largest absolute Gasteiger partial charge is 0.494 e. The molecule has 6 heteroatoms. The van der Waals surface area contributed by atoms with Crippen molar-refractivity contribution in [2.75, 3.05) is 44.8 Å². The van der Waals surface area contributed by atoms with E-state index in [0.717, 1.165) is 63.5 Å². The Balaban J connectivity index is 1.35. The van der Waals surface area contributed by atoms with Gasteiger partial charge in [-0.2, -0.15) is 0 Å². The Kier molecular flexibility index (Phi) is 6.53. The fourth-order valence-electron chi connectivity index (χ4n) is 3.55. The molecule has 1 aromatic carbocycles. The van der Waals surface area contributed by atoms with Crippen molar-refractivity contribution in [1.29, 1.82) is 0 Å². The number of amides is 2. The Morgan fingerprint density at radius 3 is 2.64 bits per heavy atom. The summed E-state index contributed by atoms with van der Waals surface area (Å²) in [6.45, 7) is 7.33. The van der Waals surface area contributed by atoms with Gasteiger partial charge >= 0.3 is 6.03 Å². The molecule has 0 radical (unpaired) electrons. The van der Waals surface area contributed by atoms with Crippen molar-refractivity contribution in [3.63, 3.8) is 0 Å². The number of ether oxygens (including phenoxy) is 2. The van der Waals surface area contributed by atoms with Gasteiger partial charge in [-0.05, 0) is 69.5 Å². The average Bonchev–Trinajstić information content (AvgIpc) is 3.17. The monoisotopic (exact) mass is 347 g/mol. The SMILES string of the molecule is CCOc1ccc(NC(=O)NCC2CCN([C@H]3CCOC3)CC2)cc1. The highest BCUT2D eigenvalue weighted by Crippen LogP contribution is 2.22. The van der Waals surface area contributed by atoms with E-state index >= 15 is 0 Å². The molecule has 0 saturated carbocycles. The summed E-state index contributed by atoms with van der Waals surface area (Å²) >= 11 is 0. The molecule has 1 atom stereocenters. The number of nitrogens with zero attached hydrogens (tertiary/aromatic N) is 1. The van der Waals surface area contributed by atoms with Crippen LogP contribution in [0, 0.1) is 5.92 Å². The van der Waals surface area contributed by atoms with Gasteiger partial charge in [0.1, 0.15) is 5.75 Å². The quantitative estimate of drug-likeness (QED) is 0.831. The zero-order valence-corrected chi connectivity index (χ0v) is 15.0. The second kappa shape index (κ2) is 9.06. The van der Waals surface area contributed by atoms with E-state index in [1.807, 2.05) is 31.2 Å². The lowest BCUT2D eigenvalue weighted by molar-refractivity contribution is 0.110. The highest BCUT2D eigenvalue weighted by Gasteiger charge is 2.27. The molecule has 0 aliphatic carbocycles. The number of hydrogen-bond donors (Lipinski definition) is 2. The van der Waals surface area contributed by atoms with E-state index in [-0.39, 0.29) is 6.03 Å². The molecule has 2 aliphatic heterocycles. The van der Waals surface area contributed by atoms with Crippen LogP contribution in [0.2, 0.25) is 0 Å². The fraction of sp³-hybridized carbons (Fsp3) is 0.632. The molecule has 2 aliphatic rings. The van der Waals surface area contributed by atoms with Crippen LogP contribution in [0.4, 0.5) is 10.5 Å². The molecule has 25 heavy (non-hydrogen) atoms. The highest BCUT2D eigenvalue weighted by atomic mass is 16.5. The first-order valence-electron chi connectivity index (χ1n) is 9.34. The predicted molar refractivity (Wildman–Crippen MR) is 98.2 cm³/mol. The summed E-state index contributed by atoms with van der Waals surface area (Å²) in [5.74, 6) is 1.37. The Hall–Kier alpha value is -1.79. The van der Waals surface area contributed by atoms with Crippen LogP contribution in [0.3, 0.4) is 0 Å². The lowest BCUT2D eigenvalue weighted by Gasteiger charge is -2.35. The Morgan fingerprint density at radius 1 is 1.24 bits per heavy atom. The number of rotatable bonds is 6. The molecule has 2 N–H and O–H groups in total. The summed E-state index contributed by atoms with van der Waals surface area (Å²) in [5, 5.41) is 5.87. The number of piperidine rings is 1. The van der Waals surface area contributed by atoms with E-state index in [1.54, 1.807) is 0 Å². The molecular formula is C19H29N3O3. The van der Waals surface area contributed by atoms with Gasteiger partial charge in [0.2, 0.25) is 0 Å². The van der Waals surface area contributed by atoms with Gasteiger partial charge in [0, 0.05) is 24.9 Å². The normalized spacial score (nSPS) is 21.9. The fourth-order valence-corrected chi connectivity index (χ4v) is 3.55. The second-order valence-electron chi connectivity index (χ2n) is 6.79. The van der Waals surface area contributed by atoms with E-state index in [9.17, 15) is 4.79 Å². The first-order chi connectivity index (χ1) is 12.2. The van der Waals surface area contributed by atoms with Crippen LogP contribution >= 0.6 is 0 Å². The van der Waals surface area contributed by atoms with E-state index < -0.39 is 0 Å². The third-order valence-corrected chi connectivity index (χ3v) is 5.05. The van der Waals surface area contributed by atoms with Gasteiger partial charge in [-0.3, -0.25) is 4.90 Å². The van der Waals surface area contributed by atoms with Crippen LogP contribution in [0.25, 0.3) is 0 Å². The number of urea groups is 1. The minimum absolute atomic E-state index is 0.143. The van der Waals surface area contributed by atoms with Crippen molar-refractivity contribution in [2.45, 2.75) is 32.2 Å². The topological polar surface area (TPSA) is 62.8 Å². The van der Waals surface area contributed by atoms with Gasteiger partial charge in [0.15, 0.2) is 0 Å². The molecule has 0 bridgehead atoms. The molecule has 138 valence electrons. The van der Waals surface area contributed by atoms with Crippen LogP contribution < -0.4 is 15.4 Å². The lowest BCUT2D eigenvalue weighted by atomic mass is 9.95. The predicted octanol–water partition coefficient (Wildman–Crippen LogP) is 2.71. The maximum atomic E-state index is 12.1.